The first-order valence-electron chi connectivity index (χ1n) is 14.7. The fraction of sp³-hybridized carbons (Fsp3) is 0.0250. The number of benzene rings is 6. The predicted octanol–water partition coefficient (Wildman–Crippen LogP) is 9.78. The number of carbonyl (C=O) groups excluding carboxylic acids is 2. The van der Waals surface area contributed by atoms with E-state index in [1.54, 1.807) is 6.07 Å². The number of anilines is 1. The minimum atomic E-state index is -0.346. The van der Waals surface area contributed by atoms with Gasteiger partial charge >= 0.3 is 0 Å². The van der Waals surface area contributed by atoms with Crippen molar-refractivity contribution in [1.82, 2.24) is 4.57 Å². The van der Waals surface area contributed by atoms with Crippen LogP contribution in [-0.2, 0) is 0 Å². The van der Waals surface area contributed by atoms with Crippen molar-refractivity contribution >= 4 is 45.0 Å². The van der Waals surface area contributed by atoms with Crippen molar-refractivity contribution in [3.8, 4) is 27.9 Å². The van der Waals surface area contributed by atoms with Crippen LogP contribution in [0.2, 0.25) is 0 Å². The van der Waals surface area contributed by atoms with Gasteiger partial charge in [0.15, 0.2) is 5.69 Å². The SMILES string of the molecule is [C-]#[N+]c1ccc(-c2ccc3c4ccccc4n(-c4cccc5c4C(=O)N(c4ccccc4-c4ccccc4)C5=O)c3c2)c(C)c1. The van der Waals surface area contributed by atoms with Gasteiger partial charge < -0.3 is 4.57 Å². The van der Waals surface area contributed by atoms with Crippen LogP contribution >= 0.6 is 0 Å². The summed E-state index contributed by atoms with van der Waals surface area (Å²) in [6.45, 7) is 9.41. The molecule has 0 N–H and O–H groups in total. The Labute approximate surface area is 260 Å². The number of aromatic nitrogens is 1. The quantitative estimate of drug-likeness (QED) is 0.154. The molecule has 0 fully saturated rings. The Balaban J connectivity index is 1.34. The maximum atomic E-state index is 14.4. The molecule has 6 aromatic carbocycles. The highest BCUT2D eigenvalue weighted by Gasteiger charge is 2.40. The Morgan fingerprint density at radius 2 is 1.27 bits per heavy atom. The number of imide groups is 1. The maximum Gasteiger partial charge on any atom is 0.268 e. The number of para-hydroxylation sites is 2. The van der Waals surface area contributed by atoms with Crippen LogP contribution in [0.3, 0.4) is 0 Å². The summed E-state index contributed by atoms with van der Waals surface area (Å²) in [7, 11) is 0. The van der Waals surface area contributed by atoms with E-state index in [0.717, 1.165) is 49.6 Å². The van der Waals surface area contributed by atoms with Crippen molar-refractivity contribution in [2.45, 2.75) is 6.92 Å². The predicted molar refractivity (Wildman–Crippen MR) is 180 cm³/mol. The van der Waals surface area contributed by atoms with Crippen LogP contribution in [0.25, 0.3) is 54.6 Å². The molecule has 5 nitrogen and oxygen atoms in total. The lowest BCUT2D eigenvalue weighted by Gasteiger charge is -2.18. The van der Waals surface area contributed by atoms with E-state index in [2.05, 4.69) is 33.7 Å². The molecule has 0 radical (unpaired) electrons. The van der Waals surface area contributed by atoms with E-state index in [9.17, 15) is 9.59 Å². The Hall–Kier alpha value is -6.25. The number of rotatable bonds is 4. The first-order chi connectivity index (χ1) is 22.0. The van der Waals surface area contributed by atoms with E-state index in [-0.39, 0.29) is 11.8 Å². The minimum Gasteiger partial charge on any atom is -0.308 e. The third-order valence-electron chi connectivity index (χ3n) is 8.69. The summed E-state index contributed by atoms with van der Waals surface area (Å²) in [5, 5.41) is 2.10. The number of nitrogens with zero attached hydrogens (tertiary/aromatic N) is 3. The molecule has 5 heteroatoms. The van der Waals surface area contributed by atoms with Crippen LogP contribution in [0.15, 0.2) is 133 Å². The molecule has 0 bridgehead atoms. The lowest BCUT2D eigenvalue weighted by Crippen LogP contribution is -2.30. The molecule has 7 aromatic rings. The monoisotopic (exact) mass is 579 g/mol. The van der Waals surface area contributed by atoms with Crippen LogP contribution in [0.1, 0.15) is 26.3 Å². The Bertz CT molecular complexity index is 2400. The normalized spacial score (nSPS) is 12.6. The number of hydrogen-bond donors (Lipinski definition) is 0. The third kappa shape index (κ3) is 4.01. The molecule has 0 atom stereocenters. The Kier molecular flexibility index (Phi) is 5.97. The summed E-state index contributed by atoms with van der Waals surface area (Å²) in [4.78, 5) is 33.4. The summed E-state index contributed by atoms with van der Waals surface area (Å²) >= 11 is 0. The molecule has 1 aromatic heterocycles. The fourth-order valence-electron chi connectivity index (χ4n) is 6.64. The van der Waals surface area contributed by atoms with Gasteiger partial charge in [-0.25, -0.2) is 9.74 Å². The summed E-state index contributed by atoms with van der Waals surface area (Å²) < 4.78 is 2.10. The molecule has 45 heavy (non-hydrogen) atoms. The first kappa shape index (κ1) is 26.4. The van der Waals surface area contributed by atoms with Crippen molar-refractivity contribution in [3.05, 3.63) is 162 Å². The summed E-state index contributed by atoms with van der Waals surface area (Å²) in [5.74, 6) is -0.682. The van der Waals surface area contributed by atoms with Crippen LogP contribution in [0.4, 0.5) is 11.4 Å². The van der Waals surface area contributed by atoms with Crippen LogP contribution in [0.5, 0.6) is 0 Å². The second kappa shape index (κ2) is 10.2. The largest absolute Gasteiger partial charge is 0.308 e. The van der Waals surface area contributed by atoms with Crippen molar-refractivity contribution in [1.29, 1.82) is 0 Å². The molecule has 1 aliphatic heterocycles. The Morgan fingerprint density at radius 3 is 2.09 bits per heavy atom. The molecule has 0 spiro atoms. The molecule has 0 unspecified atom stereocenters. The average Bonchev–Trinajstić information content (AvgIpc) is 3.55. The highest BCUT2D eigenvalue weighted by atomic mass is 16.2. The van der Waals surface area contributed by atoms with E-state index in [1.807, 2.05) is 110 Å². The third-order valence-corrected chi connectivity index (χ3v) is 8.69. The topological polar surface area (TPSA) is 46.7 Å². The standard InChI is InChI=1S/C40H25N3O2/c1-25-23-28(41-2)20-22-29(25)27-19-21-32-31-14-7-9-17-35(31)42(37(32)24-27)36-18-10-15-33-38(36)40(45)43(39(33)44)34-16-8-6-13-30(34)26-11-4-3-5-12-26/h3-24H,1H3. The second-order valence-electron chi connectivity index (χ2n) is 11.2. The molecule has 8 rings (SSSR count). The van der Waals surface area contributed by atoms with E-state index >= 15 is 0 Å². The van der Waals surface area contributed by atoms with Crippen LogP contribution in [0, 0.1) is 13.5 Å². The zero-order valence-corrected chi connectivity index (χ0v) is 24.4. The molecule has 0 aliphatic carbocycles. The van der Waals surface area contributed by atoms with Gasteiger partial charge in [0.1, 0.15) is 0 Å². The van der Waals surface area contributed by atoms with Crippen molar-refractivity contribution in [3.63, 3.8) is 0 Å². The lowest BCUT2D eigenvalue weighted by atomic mass is 9.98. The molecule has 0 saturated carbocycles. The van der Waals surface area contributed by atoms with Crippen LogP contribution in [-0.4, -0.2) is 16.4 Å². The van der Waals surface area contributed by atoms with Crippen molar-refractivity contribution in [2.24, 2.45) is 0 Å². The molecular formula is C40H25N3O2. The zero-order chi connectivity index (χ0) is 30.7. The van der Waals surface area contributed by atoms with Gasteiger partial charge in [0.05, 0.1) is 40.1 Å². The number of hydrogen-bond acceptors (Lipinski definition) is 2. The smallest absolute Gasteiger partial charge is 0.268 e. The maximum absolute atomic E-state index is 14.4. The summed E-state index contributed by atoms with van der Waals surface area (Å²) in [6.07, 6.45) is 0. The number of carbonyl (C=O) groups is 2. The first-order valence-corrected chi connectivity index (χ1v) is 14.7. The highest BCUT2D eigenvalue weighted by Crippen LogP contribution is 2.41. The molecule has 2 amide bonds. The summed E-state index contributed by atoms with van der Waals surface area (Å²) in [6, 6.07) is 43.1. The Morgan fingerprint density at radius 1 is 0.556 bits per heavy atom. The zero-order valence-electron chi connectivity index (χ0n) is 24.4. The summed E-state index contributed by atoms with van der Waals surface area (Å²) in [5.41, 5.74) is 9.27. The van der Waals surface area contributed by atoms with Crippen molar-refractivity contribution in [2.75, 3.05) is 4.90 Å². The van der Waals surface area contributed by atoms with E-state index in [4.69, 9.17) is 6.57 Å². The van der Waals surface area contributed by atoms with Crippen molar-refractivity contribution < 1.29 is 9.59 Å². The number of amides is 2. The molecule has 0 saturated heterocycles. The van der Waals surface area contributed by atoms with Gasteiger partial charge in [-0.15, -0.1) is 0 Å². The van der Waals surface area contributed by atoms with E-state index in [0.29, 0.717) is 28.2 Å². The van der Waals surface area contributed by atoms with Gasteiger partial charge in [0.25, 0.3) is 11.8 Å². The molecule has 212 valence electrons. The fourth-order valence-corrected chi connectivity index (χ4v) is 6.64. The van der Waals surface area contributed by atoms with Gasteiger partial charge in [-0.3, -0.25) is 9.59 Å². The highest BCUT2D eigenvalue weighted by molar-refractivity contribution is 6.36. The minimum absolute atomic E-state index is 0.336. The van der Waals surface area contributed by atoms with Gasteiger partial charge in [-0.1, -0.05) is 109 Å². The number of aryl methyl sites for hydroxylation is 1. The van der Waals surface area contributed by atoms with Gasteiger partial charge in [0.2, 0.25) is 0 Å². The van der Waals surface area contributed by atoms with E-state index < -0.39 is 0 Å². The van der Waals surface area contributed by atoms with Gasteiger partial charge in [-0.05, 0) is 53.9 Å². The number of fused-ring (bicyclic) bond motifs is 4. The van der Waals surface area contributed by atoms with Gasteiger partial charge in [0, 0.05) is 16.3 Å². The average molecular weight is 580 g/mol. The van der Waals surface area contributed by atoms with Gasteiger partial charge in [-0.2, -0.15) is 0 Å². The molecule has 2 heterocycles. The second-order valence-corrected chi connectivity index (χ2v) is 11.2. The van der Waals surface area contributed by atoms with Crippen LogP contribution < -0.4 is 4.90 Å². The lowest BCUT2D eigenvalue weighted by molar-refractivity contribution is 0.0926. The molecular weight excluding hydrogens is 554 g/mol. The molecule has 1 aliphatic rings. The van der Waals surface area contributed by atoms with E-state index in [1.165, 1.54) is 4.90 Å².